The van der Waals surface area contributed by atoms with Crippen molar-refractivity contribution in [1.29, 1.82) is 0 Å². The molecule has 0 fully saturated rings. The molecule has 3 aromatic rings. The Hall–Kier alpha value is -2.07. The summed E-state index contributed by atoms with van der Waals surface area (Å²) < 4.78 is 15.1. The highest BCUT2D eigenvalue weighted by Crippen LogP contribution is 2.30. The lowest BCUT2D eigenvalue weighted by Crippen LogP contribution is -1.99. The number of benzene rings is 2. The largest absolute Gasteiger partial charge is 0.299 e. The summed E-state index contributed by atoms with van der Waals surface area (Å²) in [7, 11) is 0. The van der Waals surface area contributed by atoms with Crippen molar-refractivity contribution >= 4 is 11.8 Å². The zero-order valence-corrected chi connectivity index (χ0v) is 12.7. The molecule has 0 aliphatic carbocycles. The number of thioether (sulfide) groups is 1. The lowest BCUT2D eigenvalue weighted by atomic mass is 10.2. The molecule has 4 heteroatoms. The van der Waals surface area contributed by atoms with Gasteiger partial charge in [-0.3, -0.25) is 4.57 Å². The van der Waals surface area contributed by atoms with Crippen LogP contribution >= 0.6 is 11.8 Å². The number of halogens is 1. The van der Waals surface area contributed by atoms with Crippen LogP contribution in [0.25, 0.3) is 17.1 Å². The Balaban J connectivity index is 2.16. The molecule has 0 radical (unpaired) electrons. The lowest BCUT2D eigenvalue weighted by molar-refractivity contribution is 0.628. The van der Waals surface area contributed by atoms with Gasteiger partial charge in [-0.05, 0) is 49.1 Å². The summed E-state index contributed by atoms with van der Waals surface area (Å²) >= 11 is 1.72. The Kier molecular flexibility index (Phi) is 3.80. The van der Waals surface area contributed by atoms with Gasteiger partial charge in [0, 0.05) is 22.9 Å². The molecule has 0 saturated carbocycles. The molecule has 0 spiro atoms. The van der Waals surface area contributed by atoms with Crippen molar-refractivity contribution in [1.82, 2.24) is 9.55 Å². The van der Waals surface area contributed by atoms with Crippen molar-refractivity contribution in [2.45, 2.75) is 11.8 Å². The van der Waals surface area contributed by atoms with Crippen LogP contribution < -0.4 is 0 Å². The summed E-state index contributed by atoms with van der Waals surface area (Å²) in [5, 5.41) is 0. The van der Waals surface area contributed by atoms with Crippen molar-refractivity contribution in [2.75, 3.05) is 6.26 Å². The van der Waals surface area contributed by atoms with Gasteiger partial charge in [-0.25, -0.2) is 9.37 Å². The Morgan fingerprint density at radius 2 is 1.86 bits per heavy atom. The summed E-state index contributed by atoms with van der Waals surface area (Å²) in [6.07, 6.45) is 5.78. The average molecular weight is 298 g/mol. The Labute approximate surface area is 127 Å². The lowest BCUT2D eigenvalue weighted by Gasteiger charge is -2.14. The van der Waals surface area contributed by atoms with Crippen LogP contribution in [0.5, 0.6) is 0 Å². The van der Waals surface area contributed by atoms with Gasteiger partial charge in [0.05, 0.1) is 5.69 Å². The number of aryl methyl sites for hydroxylation is 1. The third-order valence-corrected chi connectivity index (χ3v) is 4.34. The Morgan fingerprint density at radius 3 is 2.57 bits per heavy atom. The third-order valence-electron chi connectivity index (χ3n) is 3.40. The molecule has 2 aromatic carbocycles. The highest BCUT2D eigenvalue weighted by Gasteiger charge is 2.12. The summed E-state index contributed by atoms with van der Waals surface area (Å²) in [4.78, 5) is 5.65. The highest BCUT2D eigenvalue weighted by molar-refractivity contribution is 7.98. The monoisotopic (exact) mass is 298 g/mol. The van der Waals surface area contributed by atoms with Crippen LogP contribution in [0.3, 0.4) is 0 Å². The fraction of sp³-hybridized carbons (Fsp3) is 0.118. The van der Waals surface area contributed by atoms with Gasteiger partial charge in [0.25, 0.3) is 0 Å². The van der Waals surface area contributed by atoms with E-state index in [1.165, 1.54) is 22.6 Å². The summed E-state index contributed by atoms with van der Waals surface area (Å²) in [5.41, 5.74) is 3.23. The van der Waals surface area contributed by atoms with E-state index in [4.69, 9.17) is 0 Å². The summed E-state index contributed by atoms with van der Waals surface area (Å²) in [6, 6.07) is 12.6. The van der Waals surface area contributed by atoms with Gasteiger partial charge >= 0.3 is 0 Å². The summed E-state index contributed by atoms with van der Waals surface area (Å²) in [6.45, 7) is 2.10. The normalized spacial score (nSPS) is 10.8. The third kappa shape index (κ3) is 2.59. The number of aromatic nitrogens is 2. The molecule has 0 aliphatic rings. The first kappa shape index (κ1) is 13.9. The first-order valence-electron chi connectivity index (χ1n) is 6.64. The van der Waals surface area contributed by atoms with Gasteiger partial charge in [0.15, 0.2) is 0 Å². The van der Waals surface area contributed by atoms with Crippen LogP contribution in [0.4, 0.5) is 4.39 Å². The molecule has 106 valence electrons. The predicted molar refractivity (Wildman–Crippen MR) is 85.5 cm³/mol. The number of imidazole rings is 1. The van der Waals surface area contributed by atoms with Crippen LogP contribution in [-0.2, 0) is 0 Å². The van der Waals surface area contributed by atoms with E-state index >= 15 is 0 Å². The minimum Gasteiger partial charge on any atom is -0.299 e. The Morgan fingerprint density at radius 1 is 1.10 bits per heavy atom. The van der Waals surface area contributed by atoms with E-state index < -0.39 is 0 Å². The minimum absolute atomic E-state index is 0.239. The van der Waals surface area contributed by atoms with Crippen molar-refractivity contribution < 1.29 is 4.39 Å². The number of nitrogens with zero attached hydrogens (tertiary/aromatic N) is 2. The van der Waals surface area contributed by atoms with Crippen molar-refractivity contribution in [3.8, 4) is 17.1 Å². The van der Waals surface area contributed by atoms with Gasteiger partial charge in [0.2, 0.25) is 0 Å². The van der Waals surface area contributed by atoms with Gasteiger partial charge in [0.1, 0.15) is 11.6 Å². The van der Waals surface area contributed by atoms with Crippen LogP contribution in [-0.4, -0.2) is 15.8 Å². The van der Waals surface area contributed by atoms with Crippen LogP contribution in [0.15, 0.2) is 59.8 Å². The second-order valence-electron chi connectivity index (χ2n) is 4.76. The highest BCUT2D eigenvalue weighted by atomic mass is 32.2. The number of hydrogen-bond donors (Lipinski definition) is 0. The molecular weight excluding hydrogens is 283 g/mol. The maximum absolute atomic E-state index is 13.1. The molecule has 0 unspecified atom stereocenters. The zero-order valence-electron chi connectivity index (χ0n) is 11.9. The first-order valence-corrected chi connectivity index (χ1v) is 7.86. The molecule has 0 atom stereocenters. The molecule has 0 bridgehead atoms. The molecule has 0 saturated heterocycles. The van der Waals surface area contributed by atoms with Gasteiger partial charge < -0.3 is 0 Å². The average Bonchev–Trinajstić information content (AvgIpc) is 2.97. The maximum Gasteiger partial charge on any atom is 0.144 e. The maximum atomic E-state index is 13.1. The number of hydrogen-bond acceptors (Lipinski definition) is 2. The Bertz CT molecular complexity index is 763. The molecule has 0 N–H and O–H groups in total. The van der Waals surface area contributed by atoms with Gasteiger partial charge in [-0.15, -0.1) is 11.8 Å². The molecule has 0 amide bonds. The molecule has 21 heavy (non-hydrogen) atoms. The molecule has 0 aliphatic heterocycles. The van der Waals surface area contributed by atoms with E-state index in [1.807, 2.05) is 16.8 Å². The minimum atomic E-state index is -0.239. The zero-order chi connectivity index (χ0) is 14.8. The second-order valence-corrected chi connectivity index (χ2v) is 5.57. The smallest absolute Gasteiger partial charge is 0.144 e. The van der Waals surface area contributed by atoms with Gasteiger partial charge in [-0.1, -0.05) is 12.1 Å². The number of rotatable bonds is 3. The summed E-state index contributed by atoms with van der Waals surface area (Å²) in [5.74, 6) is 0.577. The fourth-order valence-electron chi connectivity index (χ4n) is 2.40. The topological polar surface area (TPSA) is 17.8 Å². The molecular formula is C17H15FN2S. The molecule has 2 nitrogen and oxygen atoms in total. The molecule has 1 heterocycles. The van der Waals surface area contributed by atoms with Crippen molar-refractivity contribution in [2.24, 2.45) is 0 Å². The SMILES string of the molecule is CSc1c(C)cccc1-n1ccnc1-c1ccc(F)cc1. The van der Waals surface area contributed by atoms with E-state index in [0.717, 1.165) is 17.1 Å². The van der Waals surface area contributed by atoms with Gasteiger partial charge in [-0.2, -0.15) is 0 Å². The van der Waals surface area contributed by atoms with E-state index in [-0.39, 0.29) is 5.82 Å². The first-order chi connectivity index (χ1) is 10.2. The van der Waals surface area contributed by atoms with E-state index in [0.29, 0.717) is 0 Å². The predicted octanol–water partition coefficient (Wildman–Crippen LogP) is 4.71. The second kappa shape index (κ2) is 5.74. The van der Waals surface area contributed by atoms with Crippen molar-refractivity contribution in [3.63, 3.8) is 0 Å². The van der Waals surface area contributed by atoms with Crippen LogP contribution in [0.2, 0.25) is 0 Å². The fourth-order valence-corrected chi connectivity index (χ4v) is 3.17. The van der Waals surface area contributed by atoms with E-state index in [9.17, 15) is 4.39 Å². The standard InChI is InChI=1S/C17H15FN2S/c1-12-4-3-5-15(16(12)21-2)20-11-10-19-17(20)13-6-8-14(18)9-7-13/h3-11H,1-2H3. The molecule has 3 rings (SSSR count). The quantitative estimate of drug-likeness (QED) is 0.652. The van der Waals surface area contributed by atoms with E-state index in [2.05, 4.69) is 30.3 Å². The molecule has 1 aromatic heterocycles. The van der Waals surface area contributed by atoms with Crippen LogP contribution in [0, 0.1) is 12.7 Å². The van der Waals surface area contributed by atoms with E-state index in [1.54, 1.807) is 30.1 Å². The van der Waals surface area contributed by atoms with Crippen LogP contribution in [0.1, 0.15) is 5.56 Å². The van der Waals surface area contributed by atoms with Crippen molar-refractivity contribution in [3.05, 3.63) is 66.2 Å².